The smallest absolute Gasteiger partial charge is 0.253 e. The lowest BCUT2D eigenvalue weighted by Crippen LogP contribution is -2.17. The average molecular weight is 381 g/mol. The maximum absolute atomic E-state index is 13.0. The summed E-state index contributed by atoms with van der Waals surface area (Å²) in [6.07, 6.45) is 0.145. The molecule has 0 saturated carbocycles. The molecule has 1 N–H and O–H groups in total. The Labute approximate surface area is 158 Å². The Morgan fingerprint density at radius 3 is 2.67 bits per heavy atom. The molecule has 136 valence electrons. The number of nitrogens with one attached hydrogen (secondary N) is 1. The van der Waals surface area contributed by atoms with Crippen LogP contribution in [0, 0.1) is 19.7 Å². The number of amides is 1. The van der Waals surface area contributed by atoms with E-state index in [1.807, 2.05) is 31.4 Å². The van der Waals surface area contributed by atoms with Gasteiger partial charge in [0, 0.05) is 22.6 Å². The molecule has 1 amide bonds. The van der Waals surface area contributed by atoms with Crippen molar-refractivity contribution in [3.05, 3.63) is 64.5 Å². The van der Waals surface area contributed by atoms with Crippen LogP contribution in [0.5, 0.6) is 0 Å². The highest BCUT2D eigenvalue weighted by Gasteiger charge is 2.17. The van der Waals surface area contributed by atoms with E-state index in [4.69, 9.17) is 0 Å². The number of aromatic nitrogens is 4. The maximum Gasteiger partial charge on any atom is 0.253 e. The summed E-state index contributed by atoms with van der Waals surface area (Å²) in [6.45, 7) is 3.75. The number of hydrogen-bond acceptors (Lipinski definition) is 5. The van der Waals surface area contributed by atoms with Crippen LogP contribution in [0.2, 0.25) is 0 Å². The SMILES string of the molecule is Cc1nc2nc(-c3cccs3)nn2c(C)c1CC(=O)Nc1ccc(F)cc1. The summed E-state index contributed by atoms with van der Waals surface area (Å²) in [7, 11) is 0. The van der Waals surface area contributed by atoms with E-state index in [0.717, 1.165) is 21.8 Å². The molecule has 0 atom stereocenters. The lowest BCUT2D eigenvalue weighted by molar-refractivity contribution is -0.115. The van der Waals surface area contributed by atoms with Gasteiger partial charge in [0.05, 0.1) is 11.3 Å². The summed E-state index contributed by atoms with van der Waals surface area (Å²) in [5.41, 5.74) is 2.90. The third kappa shape index (κ3) is 3.43. The molecule has 0 fully saturated rings. The summed E-state index contributed by atoms with van der Waals surface area (Å²) in [6, 6.07) is 9.57. The second-order valence-electron chi connectivity index (χ2n) is 6.12. The van der Waals surface area contributed by atoms with E-state index < -0.39 is 0 Å². The minimum absolute atomic E-state index is 0.145. The fourth-order valence-corrected chi connectivity index (χ4v) is 3.53. The number of thiophene rings is 1. The number of aryl methyl sites for hydroxylation is 2. The zero-order valence-electron chi connectivity index (χ0n) is 14.7. The molecule has 27 heavy (non-hydrogen) atoms. The highest BCUT2D eigenvalue weighted by atomic mass is 32.1. The van der Waals surface area contributed by atoms with Crippen LogP contribution < -0.4 is 5.32 Å². The lowest BCUT2D eigenvalue weighted by atomic mass is 10.1. The summed E-state index contributed by atoms with van der Waals surface area (Å²) in [5.74, 6) is 0.582. The zero-order valence-corrected chi connectivity index (χ0v) is 15.5. The Kier molecular flexibility index (Phi) is 4.41. The standard InChI is InChI=1S/C19H16FN5OS/c1-11-15(10-17(26)22-14-7-5-13(20)6-8-14)12(2)25-19(21-11)23-18(24-25)16-4-3-9-27-16/h3-9H,10H2,1-2H3,(H,22,26). The summed E-state index contributed by atoms with van der Waals surface area (Å²) >= 11 is 1.56. The first kappa shape index (κ1) is 17.3. The predicted molar refractivity (Wildman–Crippen MR) is 102 cm³/mol. The van der Waals surface area contributed by atoms with Crippen LogP contribution in [-0.2, 0) is 11.2 Å². The third-order valence-corrected chi connectivity index (χ3v) is 5.12. The van der Waals surface area contributed by atoms with Gasteiger partial charge in [0.15, 0.2) is 5.82 Å². The van der Waals surface area contributed by atoms with Crippen LogP contribution in [0.15, 0.2) is 41.8 Å². The molecule has 8 heteroatoms. The lowest BCUT2D eigenvalue weighted by Gasteiger charge is -2.10. The Morgan fingerprint density at radius 2 is 1.96 bits per heavy atom. The van der Waals surface area contributed by atoms with Gasteiger partial charge in [-0.15, -0.1) is 16.4 Å². The van der Waals surface area contributed by atoms with E-state index in [9.17, 15) is 9.18 Å². The van der Waals surface area contributed by atoms with Gasteiger partial charge in [-0.1, -0.05) is 6.07 Å². The molecule has 4 rings (SSSR count). The molecule has 0 spiro atoms. The van der Waals surface area contributed by atoms with E-state index in [1.165, 1.54) is 24.3 Å². The molecule has 6 nitrogen and oxygen atoms in total. The van der Waals surface area contributed by atoms with Crippen molar-refractivity contribution >= 4 is 28.7 Å². The quantitative estimate of drug-likeness (QED) is 0.584. The number of benzene rings is 1. The van der Waals surface area contributed by atoms with Crippen LogP contribution in [-0.4, -0.2) is 25.5 Å². The number of hydrogen-bond donors (Lipinski definition) is 1. The second kappa shape index (κ2) is 6.88. The van der Waals surface area contributed by atoms with Crippen LogP contribution in [0.4, 0.5) is 10.1 Å². The Hall–Kier alpha value is -3.13. The minimum Gasteiger partial charge on any atom is -0.326 e. The fourth-order valence-electron chi connectivity index (χ4n) is 2.87. The molecule has 3 heterocycles. The van der Waals surface area contributed by atoms with Crippen molar-refractivity contribution in [1.82, 2.24) is 19.6 Å². The van der Waals surface area contributed by atoms with Crippen LogP contribution >= 0.6 is 11.3 Å². The van der Waals surface area contributed by atoms with Gasteiger partial charge in [0.25, 0.3) is 5.78 Å². The Bertz CT molecular complexity index is 1120. The van der Waals surface area contributed by atoms with E-state index in [0.29, 0.717) is 17.3 Å². The molecule has 0 aliphatic heterocycles. The third-order valence-electron chi connectivity index (χ3n) is 4.26. The first-order valence-electron chi connectivity index (χ1n) is 8.33. The van der Waals surface area contributed by atoms with E-state index in [1.54, 1.807) is 15.9 Å². The van der Waals surface area contributed by atoms with Crippen molar-refractivity contribution in [2.24, 2.45) is 0 Å². The molecule has 0 aliphatic carbocycles. The fraction of sp³-hybridized carbons (Fsp3) is 0.158. The summed E-state index contributed by atoms with van der Waals surface area (Å²) < 4.78 is 14.7. The van der Waals surface area contributed by atoms with Gasteiger partial charge in [0.1, 0.15) is 5.82 Å². The van der Waals surface area contributed by atoms with E-state index in [-0.39, 0.29) is 18.1 Å². The Morgan fingerprint density at radius 1 is 1.19 bits per heavy atom. The second-order valence-corrected chi connectivity index (χ2v) is 7.07. The Balaban J connectivity index is 1.63. The molecule has 0 aliphatic rings. The van der Waals surface area contributed by atoms with Gasteiger partial charge < -0.3 is 5.32 Å². The first-order valence-corrected chi connectivity index (χ1v) is 9.21. The van der Waals surface area contributed by atoms with Crippen molar-refractivity contribution in [3.63, 3.8) is 0 Å². The number of halogens is 1. The molecule has 1 aromatic carbocycles. The van der Waals surface area contributed by atoms with Gasteiger partial charge in [-0.25, -0.2) is 13.9 Å². The molecule has 0 unspecified atom stereocenters. The molecule has 0 radical (unpaired) electrons. The largest absolute Gasteiger partial charge is 0.326 e. The van der Waals surface area contributed by atoms with Gasteiger partial charge in [-0.3, -0.25) is 4.79 Å². The van der Waals surface area contributed by atoms with Gasteiger partial charge in [-0.2, -0.15) is 4.98 Å². The van der Waals surface area contributed by atoms with Crippen molar-refractivity contribution in [2.45, 2.75) is 20.3 Å². The summed E-state index contributed by atoms with van der Waals surface area (Å²) in [5, 5.41) is 9.28. The number of nitrogens with zero attached hydrogens (tertiary/aromatic N) is 4. The van der Waals surface area contributed by atoms with Gasteiger partial charge in [0.2, 0.25) is 5.91 Å². The van der Waals surface area contributed by atoms with Gasteiger partial charge >= 0.3 is 0 Å². The van der Waals surface area contributed by atoms with Gasteiger partial charge in [-0.05, 0) is 49.6 Å². The maximum atomic E-state index is 13.0. The van der Waals surface area contributed by atoms with Crippen molar-refractivity contribution < 1.29 is 9.18 Å². The van der Waals surface area contributed by atoms with Crippen LogP contribution in [0.1, 0.15) is 17.0 Å². The molecule has 0 saturated heterocycles. The normalized spacial score (nSPS) is 11.1. The number of anilines is 1. The molecule has 0 bridgehead atoms. The monoisotopic (exact) mass is 381 g/mol. The topological polar surface area (TPSA) is 72.2 Å². The average Bonchev–Trinajstić information content (AvgIpc) is 3.30. The van der Waals surface area contributed by atoms with Crippen molar-refractivity contribution in [1.29, 1.82) is 0 Å². The zero-order chi connectivity index (χ0) is 19.0. The van der Waals surface area contributed by atoms with Crippen LogP contribution in [0.3, 0.4) is 0 Å². The number of carbonyl (C=O) groups is 1. The van der Waals surface area contributed by atoms with E-state index in [2.05, 4.69) is 20.4 Å². The molecular formula is C19H16FN5OS. The number of fused-ring (bicyclic) bond motifs is 1. The highest BCUT2D eigenvalue weighted by Crippen LogP contribution is 2.23. The molecule has 3 aromatic heterocycles. The highest BCUT2D eigenvalue weighted by molar-refractivity contribution is 7.13. The molecule has 4 aromatic rings. The summed E-state index contributed by atoms with van der Waals surface area (Å²) in [4.78, 5) is 22.4. The van der Waals surface area contributed by atoms with E-state index >= 15 is 0 Å². The first-order chi connectivity index (χ1) is 13.0. The van der Waals surface area contributed by atoms with Crippen LogP contribution in [0.25, 0.3) is 16.5 Å². The molecular weight excluding hydrogens is 365 g/mol. The van der Waals surface area contributed by atoms with Crippen molar-refractivity contribution in [2.75, 3.05) is 5.32 Å². The minimum atomic E-state index is -0.345. The predicted octanol–water partition coefficient (Wildman–Crippen LogP) is 3.79. The van der Waals surface area contributed by atoms with Crippen molar-refractivity contribution in [3.8, 4) is 10.7 Å². The number of carbonyl (C=O) groups excluding carboxylic acids is 1. The number of rotatable bonds is 4.